The standard InChI is InChI=1S/C10H12N2O2/c1-7-5-4-6-10(11-7)12(8(2)13)9(3)14/h4-6H,1-3H3. The van der Waals surface area contributed by atoms with E-state index in [9.17, 15) is 9.59 Å². The van der Waals surface area contributed by atoms with E-state index in [0.717, 1.165) is 10.6 Å². The van der Waals surface area contributed by atoms with E-state index in [1.165, 1.54) is 13.8 Å². The van der Waals surface area contributed by atoms with Crippen molar-refractivity contribution in [1.82, 2.24) is 4.98 Å². The minimum atomic E-state index is -0.324. The molecule has 0 saturated carbocycles. The number of aryl methyl sites for hydroxylation is 1. The number of pyridine rings is 1. The van der Waals surface area contributed by atoms with Crippen molar-refractivity contribution >= 4 is 17.6 Å². The first-order valence-corrected chi connectivity index (χ1v) is 4.27. The molecule has 1 rings (SSSR count). The lowest BCUT2D eigenvalue weighted by molar-refractivity contribution is -0.124. The highest BCUT2D eigenvalue weighted by Gasteiger charge is 2.16. The normalized spacial score (nSPS) is 9.64. The van der Waals surface area contributed by atoms with Crippen molar-refractivity contribution in [3.8, 4) is 0 Å². The number of rotatable bonds is 1. The molecule has 0 saturated heterocycles. The summed E-state index contributed by atoms with van der Waals surface area (Å²) in [7, 11) is 0. The Bertz CT molecular complexity index is 360. The first kappa shape index (κ1) is 10.4. The second-order valence-corrected chi connectivity index (χ2v) is 3.01. The van der Waals surface area contributed by atoms with Crippen LogP contribution in [0.2, 0.25) is 0 Å². The van der Waals surface area contributed by atoms with Gasteiger partial charge in [0.15, 0.2) is 0 Å². The average Bonchev–Trinajstić information content (AvgIpc) is 2.02. The van der Waals surface area contributed by atoms with Crippen LogP contribution in [0.25, 0.3) is 0 Å². The minimum absolute atomic E-state index is 0.324. The predicted molar refractivity (Wildman–Crippen MR) is 52.8 cm³/mol. The maximum atomic E-state index is 11.2. The van der Waals surface area contributed by atoms with Gasteiger partial charge in [-0.3, -0.25) is 9.59 Å². The van der Waals surface area contributed by atoms with Crippen LogP contribution in [-0.4, -0.2) is 16.8 Å². The van der Waals surface area contributed by atoms with Crippen LogP contribution < -0.4 is 4.90 Å². The molecule has 0 bridgehead atoms. The number of nitrogens with zero attached hydrogens (tertiary/aromatic N) is 2. The van der Waals surface area contributed by atoms with Gasteiger partial charge in [-0.2, -0.15) is 0 Å². The van der Waals surface area contributed by atoms with Crippen LogP contribution in [-0.2, 0) is 9.59 Å². The van der Waals surface area contributed by atoms with Crippen LogP contribution in [0.5, 0.6) is 0 Å². The number of carbonyl (C=O) groups is 2. The minimum Gasteiger partial charge on any atom is -0.274 e. The third-order valence-corrected chi connectivity index (χ3v) is 1.73. The van der Waals surface area contributed by atoms with E-state index in [1.807, 2.05) is 13.0 Å². The van der Waals surface area contributed by atoms with Gasteiger partial charge in [-0.15, -0.1) is 0 Å². The number of carbonyl (C=O) groups excluding carboxylic acids is 2. The number of hydrogen-bond acceptors (Lipinski definition) is 3. The molecule has 0 atom stereocenters. The maximum absolute atomic E-state index is 11.2. The molecule has 2 amide bonds. The summed E-state index contributed by atoms with van der Waals surface area (Å²) in [6, 6.07) is 5.20. The maximum Gasteiger partial charge on any atom is 0.231 e. The van der Waals surface area contributed by atoms with Crippen LogP contribution in [0.1, 0.15) is 19.5 Å². The van der Waals surface area contributed by atoms with E-state index < -0.39 is 0 Å². The van der Waals surface area contributed by atoms with E-state index in [2.05, 4.69) is 4.98 Å². The Labute approximate surface area is 82.6 Å². The SMILES string of the molecule is CC(=O)N(C(C)=O)c1cccc(C)n1. The number of hydrogen-bond donors (Lipinski definition) is 0. The smallest absolute Gasteiger partial charge is 0.231 e. The van der Waals surface area contributed by atoms with Crippen molar-refractivity contribution in [2.75, 3.05) is 4.90 Å². The quantitative estimate of drug-likeness (QED) is 0.673. The molecule has 74 valence electrons. The molecule has 14 heavy (non-hydrogen) atoms. The summed E-state index contributed by atoms with van der Waals surface area (Å²) in [6.45, 7) is 4.48. The molecular formula is C10H12N2O2. The van der Waals surface area contributed by atoms with Crippen LogP contribution in [0.15, 0.2) is 18.2 Å². The van der Waals surface area contributed by atoms with E-state index in [-0.39, 0.29) is 11.8 Å². The van der Waals surface area contributed by atoms with Gasteiger partial charge in [0.2, 0.25) is 11.8 Å². The van der Waals surface area contributed by atoms with Crippen LogP contribution in [0.3, 0.4) is 0 Å². The van der Waals surface area contributed by atoms with Gasteiger partial charge < -0.3 is 0 Å². The molecule has 1 aromatic rings. The molecule has 0 fully saturated rings. The van der Waals surface area contributed by atoms with Gasteiger partial charge in [0.1, 0.15) is 5.82 Å². The molecule has 1 aromatic heterocycles. The van der Waals surface area contributed by atoms with E-state index in [1.54, 1.807) is 12.1 Å². The van der Waals surface area contributed by atoms with Crippen molar-refractivity contribution < 1.29 is 9.59 Å². The second kappa shape index (κ2) is 4.00. The Hall–Kier alpha value is -1.71. The van der Waals surface area contributed by atoms with Crippen molar-refractivity contribution in [2.24, 2.45) is 0 Å². The van der Waals surface area contributed by atoms with Gasteiger partial charge >= 0.3 is 0 Å². The monoisotopic (exact) mass is 192 g/mol. The van der Waals surface area contributed by atoms with Gasteiger partial charge in [0.25, 0.3) is 0 Å². The Morgan fingerprint density at radius 1 is 1.21 bits per heavy atom. The van der Waals surface area contributed by atoms with Crippen LogP contribution >= 0.6 is 0 Å². The molecular weight excluding hydrogens is 180 g/mol. The lowest BCUT2D eigenvalue weighted by atomic mass is 10.3. The van der Waals surface area contributed by atoms with Crippen molar-refractivity contribution in [2.45, 2.75) is 20.8 Å². The summed E-state index contributed by atoms with van der Waals surface area (Å²) >= 11 is 0. The largest absolute Gasteiger partial charge is 0.274 e. The molecule has 4 nitrogen and oxygen atoms in total. The summed E-state index contributed by atoms with van der Waals surface area (Å²) in [5.74, 6) is -0.267. The van der Waals surface area contributed by atoms with Gasteiger partial charge in [0.05, 0.1) is 0 Å². The zero-order chi connectivity index (χ0) is 10.7. The van der Waals surface area contributed by atoms with E-state index in [4.69, 9.17) is 0 Å². The molecule has 1 heterocycles. The molecule has 0 N–H and O–H groups in total. The molecule has 0 aliphatic carbocycles. The zero-order valence-corrected chi connectivity index (χ0v) is 8.44. The molecule has 4 heteroatoms. The number of anilines is 1. The number of amides is 2. The summed E-state index contributed by atoms with van der Waals surface area (Å²) < 4.78 is 0. The van der Waals surface area contributed by atoms with Gasteiger partial charge in [-0.25, -0.2) is 9.88 Å². The van der Waals surface area contributed by atoms with Crippen molar-refractivity contribution in [3.63, 3.8) is 0 Å². The Morgan fingerprint density at radius 3 is 2.21 bits per heavy atom. The summed E-state index contributed by atoms with van der Waals surface area (Å²) in [5, 5.41) is 0. The van der Waals surface area contributed by atoms with Crippen LogP contribution in [0, 0.1) is 6.92 Å². The fraction of sp³-hybridized carbons (Fsp3) is 0.300. The molecule has 0 aliphatic rings. The molecule has 0 aromatic carbocycles. The highest BCUT2D eigenvalue weighted by Crippen LogP contribution is 2.11. The Balaban J connectivity index is 3.12. The third-order valence-electron chi connectivity index (χ3n) is 1.73. The highest BCUT2D eigenvalue weighted by molar-refractivity contribution is 6.12. The first-order chi connectivity index (χ1) is 6.52. The average molecular weight is 192 g/mol. The summed E-state index contributed by atoms with van der Waals surface area (Å²) in [5.41, 5.74) is 0.773. The lowest BCUT2D eigenvalue weighted by Crippen LogP contribution is -2.33. The summed E-state index contributed by atoms with van der Waals surface area (Å²) in [6.07, 6.45) is 0. The second-order valence-electron chi connectivity index (χ2n) is 3.01. The fourth-order valence-corrected chi connectivity index (χ4v) is 1.20. The van der Waals surface area contributed by atoms with Gasteiger partial charge in [0, 0.05) is 19.5 Å². The molecule has 0 aliphatic heterocycles. The zero-order valence-electron chi connectivity index (χ0n) is 8.44. The topological polar surface area (TPSA) is 50.3 Å². The number of aromatic nitrogens is 1. The van der Waals surface area contributed by atoms with Crippen molar-refractivity contribution in [1.29, 1.82) is 0 Å². The molecule has 0 spiro atoms. The number of imide groups is 1. The molecule has 0 radical (unpaired) electrons. The Kier molecular flexibility index (Phi) is 2.96. The van der Waals surface area contributed by atoms with E-state index in [0.29, 0.717) is 5.82 Å². The van der Waals surface area contributed by atoms with Crippen molar-refractivity contribution in [3.05, 3.63) is 23.9 Å². The first-order valence-electron chi connectivity index (χ1n) is 4.27. The van der Waals surface area contributed by atoms with Gasteiger partial charge in [-0.05, 0) is 19.1 Å². The van der Waals surface area contributed by atoms with E-state index >= 15 is 0 Å². The fourth-order valence-electron chi connectivity index (χ4n) is 1.20. The predicted octanol–water partition coefficient (Wildman–Crippen LogP) is 1.29. The summed E-state index contributed by atoms with van der Waals surface area (Å²) in [4.78, 5) is 27.5. The highest BCUT2D eigenvalue weighted by atomic mass is 16.2. The Morgan fingerprint density at radius 2 is 1.79 bits per heavy atom. The molecule has 0 unspecified atom stereocenters. The van der Waals surface area contributed by atoms with Gasteiger partial charge in [-0.1, -0.05) is 6.07 Å². The third kappa shape index (κ3) is 2.16. The van der Waals surface area contributed by atoms with Crippen LogP contribution in [0.4, 0.5) is 5.82 Å². The lowest BCUT2D eigenvalue weighted by Gasteiger charge is -2.15.